The molecule has 1 atom stereocenters. The molecule has 1 rings (SSSR count). The summed E-state index contributed by atoms with van der Waals surface area (Å²) in [5, 5.41) is 11.5. The fraction of sp³-hybridized carbons (Fsp3) is 0.600. The molecule has 0 amide bonds. The Bertz CT molecular complexity index is 460. The first-order valence-corrected chi connectivity index (χ1v) is 9.02. The van der Waals surface area contributed by atoms with Crippen LogP contribution in [0.2, 0.25) is 0 Å². The van der Waals surface area contributed by atoms with E-state index >= 15 is 0 Å². The molecular formula is C20H33NO3. The number of benzene rings is 1. The highest BCUT2D eigenvalue weighted by Gasteiger charge is 2.05. The Kier molecular flexibility index (Phi) is 13.6. The normalized spacial score (nSPS) is 11.1. The van der Waals surface area contributed by atoms with Crippen molar-refractivity contribution >= 4 is 17.9 Å². The van der Waals surface area contributed by atoms with Gasteiger partial charge < -0.3 is 15.2 Å². The van der Waals surface area contributed by atoms with Gasteiger partial charge in [0.25, 0.3) is 0 Å². The molecule has 136 valence electrons. The molecule has 24 heavy (non-hydrogen) atoms. The van der Waals surface area contributed by atoms with Gasteiger partial charge in [0.1, 0.15) is 6.29 Å². The van der Waals surface area contributed by atoms with E-state index in [4.69, 9.17) is 5.11 Å². The van der Waals surface area contributed by atoms with Crippen molar-refractivity contribution in [1.29, 1.82) is 0 Å². The monoisotopic (exact) mass is 335 g/mol. The maximum atomic E-state index is 10.5. The minimum absolute atomic E-state index is 0.274. The summed E-state index contributed by atoms with van der Waals surface area (Å²) in [6.07, 6.45) is 11.5. The number of unbranched alkanes of at least 4 members (excludes halogenated alkanes) is 6. The van der Waals surface area contributed by atoms with Gasteiger partial charge in [0.05, 0.1) is 5.56 Å². The summed E-state index contributed by atoms with van der Waals surface area (Å²) in [4.78, 5) is 20.9. The Morgan fingerprint density at radius 3 is 2.21 bits per heavy atom. The number of hydrogen-bond donors (Lipinski definition) is 2. The van der Waals surface area contributed by atoms with Gasteiger partial charge >= 0.3 is 5.97 Å². The van der Waals surface area contributed by atoms with Crippen molar-refractivity contribution in [1.82, 2.24) is 0 Å². The molecule has 0 spiro atoms. The molecule has 0 fully saturated rings. The maximum Gasteiger partial charge on any atom is 0.337 e. The fourth-order valence-electron chi connectivity index (χ4n) is 2.38. The molecule has 0 aliphatic heterocycles. The summed E-state index contributed by atoms with van der Waals surface area (Å²) < 4.78 is 0. The molecule has 0 bridgehead atoms. The van der Waals surface area contributed by atoms with Crippen molar-refractivity contribution in [2.45, 2.75) is 65.2 Å². The first-order chi connectivity index (χ1) is 11.6. The molecule has 4 nitrogen and oxygen atoms in total. The molecule has 0 aromatic heterocycles. The summed E-state index contributed by atoms with van der Waals surface area (Å²) in [6.45, 7) is 4.25. The summed E-state index contributed by atoms with van der Waals surface area (Å²) >= 11 is 0. The Morgan fingerprint density at radius 2 is 1.71 bits per heavy atom. The first kappa shape index (κ1) is 22.2. The minimum Gasteiger partial charge on any atom is -0.478 e. The lowest BCUT2D eigenvalue weighted by molar-refractivity contribution is -0.110. The van der Waals surface area contributed by atoms with Gasteiger partial charge in [-0.25, -0.2) is 4.79 Å². The Balaban J connectivity index is 0.000000446. The van der Waals surface area contributed by atoms with E-state index in [-0.39, 0.29) is 5.92 Å². The summed E-state index contributed by atoms with van der Waals surface area (Å²) in [6, 6.07) is 6.78. The van der Waals surface area contributed by atoms with Crippen molar-refractivity contribution in [3.63, 3.8) is 0 Å². The van der Waals surface area contributed by atoms with E-state index < -0.39 is 5.97 Å². The highest BCUT2D eigenvalue weighted by Crippen LogP contribution is 2.13. The number of nitrogens with one attached hydrogen (secondary N) is 1. The van der Waals surface area contributed by atoms with Crippen LogP contribution in [0, 0.1) is 5.92 Å². The molecular weight excluding hydrogens is 302 g/mol. The van der Waals surface area contributed by atoms with Crippen LogP contribution in [-0.2, 0) is 4.79 Å². The van der Waals surface area contributed by atoms with Crippen LogP contribution >= 0.6 is 0 Å². The number of anilines is 1. The number of carboxylic acids is 1. The average Bonchev–Trinajstić information content (AvgIpc) is 2.61. The third-order valence-electron chi connectivity index (χ3n) is 3.92. The smallest absolute Gasteiger partial charge is 0.337 e. The van der Waals surface area contributed by atoms with Crippen LogP contribution in [0.1, 0.15) is 75.6 Å². The SMILES string of the molecule is CCCCCCCCCC(C)C=O.CNc1ccccc1C(=O)O. The second-order valence-corrected chi connectivity index (χ2v) is 6.12. The molecule has 0 saturated heterocycles. The van der Waals surface area contributed by atoms with E-state index in [2.05, 4.69) is 12.2 Å². The number of carbonyl (C=O) groups excluding carboxylic acids is 1. The van der Waals surface area contributed by atoms with Crippen molar-refractivity contribution < 1.29 is 14.7 Å². The third-order valence-corrected chi connectivity index (χ3v) is 3.92. The van der Waals surface area contributed by atoms with Gasteiger partial charge in [-0.3, -0.25) is 0 Å². The van der Waals surface area contributed by atoms with Crippen LogP contribution in [-0.4, -0.2) is 24.4 Å². The van der Waals surface area contributed by atoms with E-state index in [1.165, 1.54) is 44.9 Å². The molecule has 0 saturated carbocycles. The van der Waals surface area contributed by atoms with Crippen LogP contribution in [0.5, 0.6) is 0 Å². The van der Waals surface area contributed by atoms with E-state index in [0.717, 1.165) is 12.7 Å². The first-order valence-electron chi connectivity index (χ1n) is 9.02. The van der Waals surface area contributed by atoms with Crippen LogP contribution in [0.25, 0.3) is 0 Å². The highest BCUT2D eigenvalue weighted by atomic mass is 16.4. The lowest BCUT2D eigenvalue weighted by Crippen LogP contribution is -2.01. The summed E-state index contributed by atoms with van der Waals surface area (Å²) in [7, 11) is 1.70. The second kappa shape index (κ2) is 14.7. The van der Waals surface area contributed by atoms with Crippen molar-refractivity contribution in [2.75, 3.05) is 12.4 Å². The molecule has 0 aliphatic carbocycles. The van der Waals surface area contributed by atoms with Gasteiger partial charge in [-0.15, -0.1) is 0 Å². The average molecular weight is 335 g/mol. The highest BCUT2D eigenvalue weighted by molar-refractivity contribution is 5.94. The predicted molar refractivity (Wildman–Crippen MR) is 101 cm³/mol. The third kappa shape index (κ3) is 10.8. The van der Waals surface area contributed by atoms with E-state index in [1.54, 1.807) is 31.3 Å². The standard InChI is InChI=1S/C12H24O.C8H9NO2/c1-3-4-5-6-7-8-9-10-12(2)11-13;1-9-7-5-3-2-4-6(7)8(10)11/h11-12H,3-10H2,1-2H3;2-5,9H,1H3,(H,10,11). The van der Waals surface area contributed by atoms with Crippen LogP contribution in [0.3, 0.4) is 0 Å². The second-order valence-electron chi connectivity index (χ2n) is 6.12. The van der Waals surface area contributed by atoms with Gasteiger partial charge in [-0.05, 0) is 18.6 Å². The number of carboxylic acid groups (broad SMARTS) is 1. The molecule has 0 aliphatic rings. The molecule has 1 aromatic carbocycles. The Hall–Kier alpha value is -1.84. The number of aldehydes is 1. The zero-order valence-corrected chi connectivity index (χ0v) is 15.4. The van der Waals surface area contributed by atoms with Gasteiger partial charge in [0.15, 0.2) is 0 Å². The topological polar surface area (TPSA) is 66.4 Å². The summed E-state index contributed by atoms with van der Waals surface area (Å²) in [5.74, 6) is -0.634. The maximum absolute atomic E-state index is 10.5. The zero-order chi connectivity index (χ0) is 18.2. The quantitative estimate of drug-likeness (QED) is 0.420. The summed E-state index contributed by atoms with van der Waals surface area (Å²) in [5.41, 5.74) is 0.940. The van der Waals surface area contributed by atoms with Gasteiger partial charge in [0, 0.05) is 18.7 Å². The fourth-order valence-corrected chi connectivity index (χ4v) is 2.38. The van der Waals surface area contributed by atoms with Crippen LogP contribution < -0.4 is 5.32 Å². The van der Waals surface area contributed by atoms with Crippen molar-refractivity contribution in [3.8, 4) is 0 Å². The predicted octanol–water partition coefficient (Wildman–Crippen LogP) is 5.39. The number of para-hydroxylation sites is 1. The van der Waals surface area contributed by atoms with Crippen LogP contribution in [0.15, 0.2) is 24.3 Å². The number of carbonyl (C=O) groups is 2. The number of hydrogen-bond acceptors (Lipinski definition) is 3. The van der Waals surface area contributed by atoms with Crippen molar-refractivity contribution in [2.24, 2.45) is 5.92 Å². The molecule has 0 heterocycles. The van der Waals surface area contributed by atoms with E-state index in [1.807, 2.05) is 6.92 Å². The largest absolute Gasteiger partial charge is 0.478 e. The zero-order valence-electron chi connectivity index (χ0n) is 15.4. The molecule has 4 heteroatoms. The lowest BCUT2D eigenvalue weighted by Gasteiger charge is -2.02. The molecule has 1 unspecified atom stereocenters. The lowest BCUT2D eigenvalue weighted by atomic mass is 10.0. The van der Waals surface area contributed by atoms with Crippen LogP contribution in [0.4, 0.5) is 5.69 Å². The van der Waals surface area contributed by atoms with Gasteiger partial charge in [0.2, 0.25) is 0 Å². The number of rotatable bonds is 11. The Morgan fingerprint density at radius 1 is 1.12 bits per heavy atom. The molecule has 2 N–H and O–H groups in total. The molecule has 0 radical (unpaired) electrons. The van der Waals surface area contributed by atoms with Gasteiger partial charge in [-0.1, -0.05) is 70.9 Å². The van der Waals surface area contributed by atoms with Crippen molar-refractivity contribution in [3.05, 3.63) is 29.8 Å². The minimum atomic E-state index is -0.907. The number of aromatic carboxylic acids is 1. The van der Waals surface area contributed by atoms with Gasteiger partial charge in [-0.2, -0.15) is 0 Å². The van der Waals surface area contributed by atoms with E-state index in [9.17, 15) is 9.59 Å². The molecule has 1 aromatic rings. The Labute approximate surface area is 146 Å². The van der Waals surface area contributed by atoms with E-state index in [0.29, 0.717) is 11.3 Å².